The summed E-state index contributed by atoms with van der Waals surface area (Å²) in [5, 5.41) is 2.80. The zero-order valence-electron chi connectivity index (χ0n) is 16.9. The predicted octanol–water partition coefficient (Wildman–Crippen LogP) is 3.58. The quantitative estimate of drug-likeness (QED) is 0.672. The molecule has 5 rings (SSSR count). The van der Waals surface area contributed by atoms with Gasteiger partial charge in [0, 0.05) is 23.7 Å². The summed E-state index contributed by atoms with van der Waals surface area (Å²) in [4.78, 5) is 32.5. The van der Waals surface area contributed by atoms with Crippen molar-refractivity contribution in [2.75, 3.05) is 11.4 Å². The van der Waals surface area contributed by atoms with E-state index in [0.717, 1.165) is 34.4 Å². The molecule has 1 unspecified atom stereocenters. The van der Waals surface area contributed by atoms with Crippen LogP contribution in [0.2, 0.25) is 0 Å². The lowest BCUT2D eigenvalue weighted by Gasteiger charge is -2.20. The fourth-order valence-corrected chi connectivity index (χ4v) is 4.11. The van der Waals surface area contributed by atoms with Crippen LogP contribution in [-0.2, 0) is 16.0 Å². The van der Waals surface area contributed by atoms with Crippen LogP contribution >= 0.6 is 0 Å². The highest BCUT2D eigenvalue weighted by molar-refractivity contribution is 6.21. The van der Waals surface area contributed by atoms with E-state index in [1.54, 1.807) is 11.0 Å². The van der Waals surface area contributed by atoms with Crippen molar-refractivity contribution in [3.63, 3.8) is 0 Å². The van der Waals surface area contributed by atoms with Gasteiger partial charge in [-0.05, 0) is 23.6 Å². The molecule has 5 heteroatoms. The second kappa shape index (κ2) is 8.03. The summed E-state index contributed by atoms with van der Waals surface area (Å²) in [6, 6.07) is 25.4. The number of hydrogen-bond acceptors (Lipinski definition) is 3. The zero-order chi connectivity index (χ0) is 21.2. The minimum absolute atomic E-state index is 0.210. The number of benzene rings is 3. The Morgan fingerprint density at radius 2 is 1.71 bits per heavy atom. The van der Waals surface area contributed by atoms with Crippen molar-refractivity contribution in [3.05, 3.63) is 107 Å². The summed E-state index contributed by atoms with van der Waals surface area (Å²) in [7, 11) is 0. The van der Waals surface area contributed by atoms with E-state index in [9.17, 15) is 9.59 Å². The molecule has 0 spiro atoms. The van der Waals surface area contributed by atoms with Crippen LogP contribution in [0.3, 0.4) is 0 Å². The van der Waals surface area contributed by atoms with Crippen molar-refractivity contribution >= 4 is 29.3 Å². The van der Waals surface area contributed by atoms with Gasteiger partial charge in [0.25, 0.3) is 5.91 Å². The first-order valence-corrected chi connectivity index (χ1v) is 10.3. The molecule has 1 N–H and O–H groups in total. The lowest BCUT2D eigenvalue weighted by molar-refractivity contribution is -0.125. The Morgan fingerprint density at radius 3 is 2.48 bits per heavy atom. The summed E-state index contributed by atoms with van der Waals surface area (Å²) in [6.07, 6.45) is 2.97. The summed E-state index contributed by atoms with van der Waals surface area (Å²) < 4.78 is 0. The van der Waals surface area contributed by atoms with Crippen LogP contribution in [0, 0.1) is 0 Å². The molecular weight excluding hydrogens is 386 g/mol. The molecular formula is C26H21N3O2. The Balaban J connectivity index is 1.52. The van der Waals surface area contributed by atoms with Crippen molar-refractivity contribution in [1.82, 2.24) is 5.32 Å². The molecule has 0 radical (unpaired) electrons. The predicted molar refractivity (Wildman–Crippen MR) is 122 cm³/mol. The van der Waals surface area contributed by atoms with Gasteiger partial charge in [-0.3, -0.25) is 9.59 Å². The third kappa shape index (κ3) is 3.66. The number of carbonyl (C=O) groups is 2. The fraction of sp³-hybridized carbons (Fsp3) is 0.115. The van der Waals surface area contributed by atoms with Crippen LogP contribution in [0.4, 0.5) is 5.69 Å². The van der Waals surface area contributed by atoms with E-state index >= 15 is 0 Å². The van der Waals surface area contributed by atoms with Crippen LogP contribution in [0.1, 0.15) is 22.3 Å². The molecule has 3 aromatic rings. The largest absolute Gasteiger partial charge is 0.323 e. The first kappa shape index (κ1) is 19.0. The van der Waals surface area contributed by atoms with Crippen LogP contribution in [-0.4, -0.2) is 30.2 Å². The van der Waals surface area contributed by atoms with Crippen LogP contribution in [0.15, 0.2) is 89.9 Å². The van der Waals surface area contributed by atoms with Gasteiger partial charge in [-0.15, -0.1) is 0 Å². The molecule has 0 fully saturated rings. The Labute approximate surface area is 180 Å². The number of amides is 2. The Hall–Kier alpha value is -3.99. The molecule has 2 aliphatic rings. The number of para-hydroxylation sites is 1. The molecule has 152 valence electrons. The second-order valence-electron chi connectivity index (χ2n) is 7.55. The number of hydrogen-bond donors (Lipinski definition) is 1. The van der Waals surface area contributed by atoms with Gasteiger partial charge >= 0.3 is 0 Å². The fourth-order valence-electron chi connectivity index (χ4n) is 4.11. The van der Waals surface area contributed by atoms with Gasteiger partial charge in [-0.25, -0.2) is 4.99 Å². The number of aliphatic imine (C=N–C) groups is 1. The van der Waals surface area contributed by atoms with Crippen molar-refractivity contribution < 1.29 is 9.59 Å². The van der Waals surface area contributed by atoms with Gasteiger partial charge in [0.1, 0.15) is 0 Å². The summed E-state index contributed by atoms with van der Waals surface area (Å²) >= 11 is 0. The normalized spacial score (nSPS) is 17.3. The number of nitrogens with zero attached hydrogens (tertiary/aromatic N) is 2. The van der Waals surface area contributed by atoms with Gasteiger partial charge in [0.05, 0.1) is 11.4 Å². The van der Waals surface area contributed by atoms with Crippen molar-refractivity contribution in [3.8, 4) is 0 Å². The SMILES string of the molecule is O=C(/C=C/c1ccccc1)NC1N=C(c2ccccc2)c2cccc3c2N(CC3)C1=O. The van der Waals surface area contributed by atoms with E-state index in [1.165, 1.54) is 6.08 Å². The molecule has 0 saturated heterocycles. The molecule has 0 aliphatic carbocycles. The molecule has 31 heavy (non-hydrogen) atoms. The van der Waals surface area contributed by atoms with E-state index in [2.05, 4.69) is 11.4 Å². The van der Waals surface area contributed by atoms with Gasteiger partial charge in [-0.1, -0.05) is 78.9 Å². The minimum Gasteiger partial charge on any atom is -0.323 e. The number of rotatable bonds is 4. The van der Waals surface area contributed by atoms with Gasteiger partial charge in [0.2, 0.25) is 12.1 Å². The third-order valence-electron chi connectivity index (χ3n) is 5.56. The molecule has 2 heterocycles. The number of nitrogens with one attached hydrogen (secondary N) is 1. The van der Waals surface area contributed by atoms with E-state index in [0.29, 0.717) is 12.3 Å². The molecule has 3 aromatic carbocycles. The number of anilines is 1. The monoisotopic (exact) mass is 407 g/mol. The maximum absolute atomic E-state index is 13.3. The van der Waals surface area contributed by atoms with Crippen molar-refractivity contribution in [2.24, 2.45) is 4.99 Å². The molecule has 0 bridgehead atoms. The molecule has 0 saturated carbocycles. The first-order valence-electron chi connectivity index (χ1n) is 10.3. The smallest absolute Gasteiger partial charge is 0.272 e. The highest BCUT2D eigenvalue weighted by atomic mass is 16.2. The maximum atomic E-state index is 13.3. The average molecular weight is 407 g/mol. The summed E-state index contributed by atoms with van der Waals surface area (Å²) in [5.74, 6) is -0.567. The van der Waals surface area contributed by atoms with Crippen LogP contribution in [0.5, 0.6) is 0 Å². The highest BCUT2D eigenvalue weighted by Crippen LogP contribution is 2.36. The molecule has 2 amide bonds. The van der Waals surface area contributed by atoms with Crippen molar-refractivity contribution in [1.29, 1.82) is 0 Å². The van der Waals surface area contributed by atoms with E-state index < -0.39 is 6.17 Å². The lowest BCUT2D eigenvalue weighted by Crippen LogP contribution is -2.46. The van der Waals surface area contributed by atoms with Crippen molar-refractivity contribution in [2.45, 2.75) is 12.6 Å². The van der Waals surface area contributed by atoms with Gasteiger partial charge < -0.3 is 10.2 Å². The van der Waals surface area contributed by atoms with Crippen LogP contribution < -0.4 is 10.2 Å². The first-order chi connectivity index (χ1) is 15.2. The van der Waals surface area contributed by atoms with E-state index in [-0.39, 0.29) is 11.8 Å². The molecule has 2 aliphatic heterocycles. The topological polar surface area (TPSA) is 61.8 Å². The standard InChI is InChI=1S/C26H21N3O2/c30-22(15-14-18-8-3-1-4-9-18)27-25-26(31)29-17-16-20-12-7-13-21(24(20)29)23(28-25)19-10-5-2-6-11-19/h1-15,25H,16-17H2,(H,27,30)/b15-14+. The Kier molecular flexibility index (Phi) is 4.92. The maximum Gasteiger partial charge on any atom is 0.272 e. The highest BCUT2D eigenvalue weighted by Gasteiger charge is 2.36. The second-order valence-corrected chi connectivity index (χ2v) is 7.55. The molecule has 1 atom stereocenters. The third-order valence-corrected chi connectivity index (χ3v) is 5.56. The lowest BCUT2D eigenvalue weighted by atomic mass is 9.98. The van der Waals surface area contributed by atoms with Gasteiger partial charge in [0.15, 0.2) is 0 Å². The number of carbonyl (C=O) groups excluding carboxylic acids is 2. The summed E-state index contributed by atoms with van der Waals surface area (Å²) in [5.41, 5.74) is 5.50. The Bertz CT molecular complexity index is 1200. The van der Waals surface area contributed by atoms with Gasteiger partial charge in [-0.2, -0.15) is 0 Å². The molecule has 5 nitrogen and oxygen atoms in total. The van der Waals surface area contributed by atoms with E-state index in [4.69, 9.17) is 4.99 Å². The average Bonchev–Trinajstić information content (AvgIpc) is 3.21. The van der Waals surface area contributed by atoms with E-state index in [1.807, 2.05) is 72.8 Å². The Morgan fingerprint density at radius 1 is 0.968 bits per heavy atom. The zero-order valence-corrected chi connectivity index (χ0v) is 16.9. The minimum atomic E-state index is -0.985. The van der Waals surface area contributed by atoms with Crippen LogP contribution in [0.25, 0.3) is 6.08 Å². The summed E-state index contributed by atoms with van der Waals surface area (Å²) in [6.45, 7) is 0.592. The molecule has 0 aromatic heterocycles.